The first kappa shape index (κ1) is 18.0. The van der Waals surface area contributed by atoms with Crippen molar-refractivity contribution in [2.45, 2.75) is 4.90 Å². The number of carbonyl (C=O) groups excluding carboxylic acids is 1. The molecule has 1 atom stereocenters. The van der Waals surface area contributed by atoms with Crippen LogP contribution >= 0.6 is 27.3 Å². The summed E-state index contributed by atoms with van der Waals surface area (Å²) in [6, 6.07) is 17.8. The van der Waals surface area contributed by atoms with Crippen LogP contribution in [0.2, 0.25) is 0 Å². The van der Waals surface area contributed by atoms with Gasteiger partial charge in [-0.1, -0.05) is 24.3 Å². The van der Waals surface area contributed by atoms with Crippen molar-refractivity contribution in [1.82, 2.24) is 0 Å². The lowest BCUT2D eigenvalue weighted by atomic mass is 10.0. The molecule has 1 heterocycles. The summed E-state index contributed by atoms with van der Waals surface area (Å²) in [4.78, 5) is 14.4. The van der Waals surface area contributed by atoms with Gasteiger partial charge in [0.2, 0.25) is 6.41 Å². The molecule has 0 aliphatic rings. The molecular formula is C19H16BrNO2S2. The zero-order valence-electron chi connectivity index (χ0n) is 13.7. The van der Waals surface area contributed by atoms with Crippen molar-refractivity contribution < 1.29 is 9.00 Å². The minimum Gasteiger partial charge on any atom is -0.318 e. The van der Waals surface area contributed by atoms with Crippen LogP contribution in [0.5, 0.6) is 0 Å². The molecule has 3 nitrogen and oxygen atoms in total. The molecule has 1 amide bonds. The molecule has 3 aromatic rings. The minimum atomic E-state index is -0.978. The molecule has 0 saturated heterocycles. The lowest BCUT2D eigenvalue weighted by Crippen LogP contribution is -2.13. The maximum absolute atomic E-state index is 11.6. The maximum atomic E-state index is 11.6. The van der Waals surface area contributed by atoms with Gasteiger partial charge < -0.3 is 4.90 Å². The van der Waals surface area contributed by atoms with Crippen LogP contribution in [0.25, 0.3) is 21.6 Å². The van der Waals surface area contributed by atoms with Gasteiger partial charge >= 0.3 is 0 Å². The van der Waals surface area contributed by atoms with Gasteiger partial charge in [0, 0.05) is 45.1 Å². The van der Waals surface area contributed by atoms with Gasteiger partial charge in [-0.15, -0.1) is 11.3 Å². The molecule has 2 aromatic carbocycles. The Bertz CT molecular complexity index is 918. The number of thiophene rings is 1. The Balaban J connectivity index is 2.01. The van der Waals surface area contributed by atoms with Crippen molar-refractivity contribution in [2.24, 2.45) is 0 Å². The topological polar surface area (TPSA) is 37.4 Å². The van der Waals surface area contributed by atoms with E-state index in [4.69, 9.17) is 0 Å². The summed E-state index contributed by atoms with van der Waals surface area (Å²) in [5.74, 6) is 0. The normalized spacial score (nSPS) is 12.0. The highest BCUT2D eigenvalue weighted by atomic mass is 79.9. The van der Waals surface area contributed by atoms with E-state index < -0.39 is 10.8 Å². The van der Waals surface area contributed by atoms with Crippen LogP contribution in [0.1, 0.15) is 0 Å². The number of anilines is 1. The molecule has 1 unspecified atom stereocenters. The number of halogens is 1. The molecule has 0 fully saturated rings. The Morgan fingerprint density at radius 1 is 1.04 bits per heavy atom. The first-order valence-electron chi connectivity index (χ1n) is 7.51. The molecule has 0 bridgehead atoms. The van der Waals surface area contributed by atoms with Gasteiger partial charge in [0.15, 0.2) is 0 Å². The van der Waals surface area contributed by atoms with Crippen LogP contribution < -0.4 is 4.90 Å². The number of rotatable bonds is 5. The molecule has 3 rings (SSSR count). The largest absolute Gasteiger partial charge is 0.318 e. The van der Waals surface area contributed by atoms with Gasteiger partial charge in [0.05, 0.1) is 3.79 Å². The van der Waals surface area contributed by atoms with E-state index in [9.17, 15) is 9.00 Å². The summed E-state index contributed by atoms with van der Waals surface area (Å²) < 4.78 is 12.6. The van der Waals surface area contributed by atoms with Gasteiger partial charge in [0.1, 0.15) is 0 Å². The van der Waals surface area contributed by atoms with Crippen LogP contribution in [-0.4, -0.2) is 23.9 Å². The quantitative estimate of drug-likeness (QED) is 0.520. The van der Waals surface area contributed by atoms with Crippen molar-refractivity contribution in [3.63, 3.8) is 0 Å². The smallest absolute Gasteiger partial charge is 0.213 e. The first-order valence-corrected chi connectivity index (χ1v) is 10.7. The summed E-state index contributed by atoms with van der Waals surface area (Å²) in [7, 11) is 0.753. The predicted molar refractivity (Wildman–Crippen MR) is 110 cm³/mol. The summed E-state index contributed by atoms with van der Waals surface area (Å²) in [6.07, 6.45) is 2.47. The average molecular weight is 434 g/mol. The van der Waals surface area contributed by atoms with Crippen molar-refractivity contribution in [1.29, 1.82) is 0 Å². The third-order valence-corrected chi connectivity index (χ3v) is 6.52. The van der Waals surface area contributed by atoms with Crippen molar-refractivity contribution in [3.8, 4) is 21.6 Å². The van der Waals surface area contributed by atoms with Gasteiger partial charge in [-0.05, 0) is 57.4 Å². The molecule has 0 radical (unpaired) electrons. The molecule has 0 saturated carbocycles. The number of nitrogens with zero attached hydrogens (tertiary/aromatic N) is 1. The highest BCUT2D eigenvalue weighted by Gasteiger charge is 2.13. The van der Waals surface area contributed by atoms with Crippen molar-refractivity contribution in [2.75, 3.05) is 18.2 Å². The Labute approximate surface area is 161 Å². The zero-order valence-corrected chi connectivity index (χ0v) is 17.0. The number of carbonyl (C=O) groups is 1. The fraction of sp³-hybridized carbons (Fsp3) is 0.105. The highest BCUT2D eigenvalue weighted by Crippen LogP contribution is 2.42. The summed E-state index contributed by atoms with van der Waals surface area (Å²) in [6.45, 7) is 0. The van der Waals surface area contributed by atoms with E-state index in [1.54, 1.807) is 29.5 Å². The molecule has 25 heavy (non-hydrogen) atoms. The second kappa shape index (κ2) is 7.64. The molecule has 0 aliphatic heterocycles. The number of hydrogen-bond donors (Lipinski definition) is 0. The van der Waals surface area contributed by atoms with Crippen LogP contribution in [0.4, 0.5) is 5.69 Å². The molecule has 0 aliphatic carbocycles. The Hall–Kier alpha value is -1.76. The molecular weight excluding hydrogens is 418 g/mol. The van der Waals surface area contributed by atoms with E-state index in [1.807, 2.05) is 48.5 Å². The lowest BCUT2D eigenvalue weighted by molar-refractivity contribution is -0.107. The zero-order chi connectivity index (χ0) is 18.0. The number of hydrogen-bond acceptors (Lipinski definition) is 3. The molecule has 6 heteroatoms. The predicted octanol–water partition coefficient (Wildman–Crippen LogP) is 5.17. The average Bonchev–Trinajstić information content (AvgIpc) is 3.03. The van der Waals surface area contributed by atoms with Crippen LogP contribution in [0.3, 0.4) is 0 Å². The number of benzene rings is 2. The third kappa shape index (κ3) is 3.92. The molecule has 0 N–H and O–H groups in total. The SMILES string of the molecule is CN(C=O)c1ccc(-c2sc(Br)cc2-c2ccc(S(C)=O)cc2)cc1. The van der Waals surface area contributed by atoms with E-state index in [-0.39, 0.29) is 0 Å². The fourth-order valence-electron chi connectivity index (χ4n) is 2.52. The van der Waals surface area contributed by atoms with E-state index in [0.29, 0.717) is 0 Å². The summed E-state index contributed by atoms with van der Waals surface area (Å²) in [5.41, 5.74) is 4.16. The lowest BCUT2D eigenvalue weighted by Gasteiger charge is -2.11. The third-order valence-electron chi connectivity index (χ3n) is 3.89. The molecule has 128 valence electrons. The summed E-state index contributed by atoms with van der Waals surface area (Å²) >= 11 is 5.25. The Morgan fingerprint density at radius 3 is 2.20 bits per heavy atom. The minimum absolute atomic E-state index is 0.793. The maximum Gasteiger partial charge on any atom is 0.213 e. The fourth-order valence-corrected chi connectivity index (χ4v) is 4.67. The standard InChI is InChI=1S/C19H16BrNO2S2/c1-21(12-22)15-7-3-14(4-8-15)19-17(11-18(20)24-19)13-5-9-16(10-6-13)25(2)23/h3-12H,1-2H3. The van der Waals surface area contributed by atoms with Crippen LogP contribution in [-0.2, 0) is 15.6 Å². The van der Waals surface area contributed by atoms with Gasteiger partial charge in [-0.3, -0.25) is 9.00 Å². The second-order valence-corrected chi connectivity index (χ2v) is 9.35. The van der Waals surface area contributed by atoms with Crippen molar-refractivity contribution in [3.05, 3.63) is 58.4 Å². The Morgan fingerprint density at radius 2 is 1.64 bits per heavy atom. The highest BCUT2D eigenvalue weighted by molar-refractivity contribution is 9.11. The summed E-state index contributed by atoms with van der Waals surface area (Å²) in [5, 5.41) is 0. The van der Waals surface area contributed by atoms with Crippen molar-refractivity contribution >= 4 is 50.2 Å². The van der Waals surface area contributed by atoms with E-state index in [0.717, 1.165) is 42.3 Å². The van der Waals surface area contributed by atoms with E-state index >= 15 is 0 Å². The van der Waals surface area contributed by atoms with Gasteiger partial charge in [-0.25, -0.2) is 0 Å². The van der Waals surface area contributed by atoms with E-state index in [2.05, 4.69) is 22.0 Å². The molecule has 0 spiro atoms. The molecule has 1 aromatic heterocycles. The van der Waals surface area contributed by atoms with Gasteiger partial charge in [0.25, 0.3) is 0 Å². The van der Waals surface area contributed by atoms with Gasteiger partial charge in [-0.2, -0.15) is 0 Å². The second-order valence-electron chi connectivity index (χ2n) is 5.54. The monoisotopic (exact) mass is 433 g/mol. The van der Waals surface area contributed by atoms with Crippen LogP contribution in [0.15, 0.2) is 63.3 Å². The first-order chi connectivity index (χ1) is 12.0. The van der Waals surface area contributed by atoms with Crippen LogP contribution in [0, 0.1) is 0 Å². The Kier molecular flexibility index (Phi) is 5.51. The number of amides is 1. The van der Waals surface area contributed by atoms with E-state index in [1.165, 1.54) is 0 Å².